The highest BCUT2D eigenvalue weighted by atomic mass is 32.2. The first-order chi connectivity index (χ1) is 14.7. The second kappa shape index (κ2) is 9.43. The fourth-order valence-corrected chi connectivity index (χ4v) is 4.63. The SMILES string of the molecule is CCOc1ccccc1N=C1SC[C@H](C)N1C(=O)CCc1ccc2c(c1)OCCO2. The first-order valence-electron chi connectivity index (χ1n) is 10.3. The number of thioether (sulfide) groups is 1. The normalized spacial score (nSPS) is 19.2. The highest BCUT2D eigenvalue weighted by molar-refractivity contribution is 8.14. The molecule has 6 nitrogen and oxygen atoms in total. The Morgan fingerprint density at radius 1 is 1.20 bits per heavy atom. The molecule has 0 spiro atoms. The fourth-order valence-electron chi connectivity index (χ4n) is 3.51. The second-order valence-corrected chi connectivity index (χ2v) is 8.18. The average molecular weight is 427 g/mol. The van der Waals surface area contributed by atoms with Crippen LogP contribution in [-0.4, -0.2) is 47.6 Å². The van der Waals surface area contributed by atoms with E-state index in [2.05, 4.69) is 6.92 Å². The molecule has 4 rings (SSSR count). The fraction of sp³-hybridized carbons (Fsp3) is 0.391. The number of amides is 1. The summed E-state index contributed by atoms with van der Waals surface area (Å²) in [6.45, 7) is 5.71. The summed E-state index contributed by atoms with van der Waals surface area (Å²) >= 11 is 1.61. The van der Waals surface area contributed by atoms with Gasteiger partial charge < -0.3 is 14.2 Å². The maximum Gasteiger partial charge on any atom is 0.229 e. The third-order valence-electron chi connectivity index (χ3n) is 4.98. The summed E-state index contributed by atoms with van der Waals surface area (Å²) in [7, 11) is 0. The smallest absolute Gasteiger partial charge is 0.229 e. The van der Waals surface area contributed by atoms with Crippen LogP contribution in [0, 0.1) is 0 Å². The summed E-state index contributed by atoms with van der Waals surface area (Å²) < 4.78 is 16.9. The van der Waals surface area contributed by atoms with Crippen molar-refractivity contribution in [2.45, 2.75) is 32.7 Å². The zero-order valence-corrected chi connectivity index (χ0v) is 18.1. The standard InChI is InChI=1S/C23H26N2O4S/c1-3-27-19-7-5-4-6-18(19)24-23-25(16(2)15-30-23)22(26)11-9-17-8-10-20-21(14-17)29-13-12-28-20/h4-8,10,14,16H,3,9,11-13,15H2,1-2H3/t16-/m0/s1. The van der Waals surface area contributed by atoms with Gasteiger partial charge in [0.15, 0.2) is 16.7 Å². The maximum absolute atomic E-state index is 13.1. The Kier molecular flexibility index (Phi) is 6.47. The lowest BCUT2D eigenvalue weighted by Crippen LogP contribution is -2.37. The van der Waals surface area contributed by atoms with Gasteiger partial charge in [0.2, 0.25) is 5.91 Å². The number of hydrogen-bond acceptors (Lipinski definition) is 6. The van der Waals surface area contributed by atoms with Gasteiger partial charge in [0.25, 0.3) is 0 Å². The molecule has 2 aliphatic rings. The number of amidine groups is 1. The summed E-state index contributed by atoms with van der Waals surface area (Å²) in [6, 6.07) is 13.7. The van der Waals surface area contributed by atoms with Crippen LogP contribution in [0.25, 0.3) is 0 Å². The molecule has 0 aliphatic carbocycles. The van der Waals surface area contributed by atoms with Gasteiger partial charge >= 0.3 is 0 Å². The number of aryl methyl sites for hydroxylation is 1. The Bertz CT molecular complexity index is 947. The van der Waals surface area contributed by atoms with Gasteiger partial charge in [-0.15, -0.1) is 0 Å². The number of ether oxygens (including phenoxy) is 3. The minimum Gasteiger partial charge on any atom is -0.492 e. The van der Waals surface area contributed by atoms with Crippen molar-refractivity contribution in [1.29, 1.82) is 0 Å². The molecule has 2 aromatic rings. The van der Waals surface area contributed by atoms with Gasteiger partial charge in [0.05, 0.1) is 6.61 Å². The first-order valence-corrected chi connectivity index (χ1v) is 11.3. The van der Waals surface area contributed by atoms with Crippen molar-refractivity contribution in [2.24, 2.45) is 4.99 Å². The van der Waals surface area contributed by atoms with E-state index in [-0.39, 0.29) is 11.9 Å². The summed E-state index contributed by atoms with van der Waals surface area (Å²) in [5.74, 6) is 3.17. The number of carbonyl (C=O) groups is 1. The lowest BCUT2D eigenvalue weighted by atomic mass is 10.1. The van der Waals surface area contributed by atoms with E-state index < -0.39 is 0 Å². The molecule has 1 fully saturated rings. The Labute approximate surface area is 181 Å². The minimum absolute atomic E-state index is 0.0787. The molecule has 0 saturated carbocycles. The molecule has 1 atom stereocenters. The first kappa shape index (κ1) is 20.6. The lowest BCUT2D eigenvalue weighted by molar-refractivity contribution is -0.128. The molecule has 2 aromatic carbocycles. The zero-order valence-electron chi connectivity index (χ0n) is 17.3. The topological polar surface area (TPSA) is 60.4 Å². The van der Waals surface area contributed by atoms with Crippen LogP contribution in [0.4, 0.5) is 5.69 Å². The van der Waals surface area contributed by atoms with Crippen LogP contribution in [0.15, 0.2) is 47.5 Å². The molecule has 1 saturated heterocycles. The summed E-state index contributed by atoms with van der Waals surface area (Å²) in [5, 5.41) is 0.738. The van der Waals surface area contributed by atoms with Crippen molar-refractivity contribution in [3.05, 3.63) is 48.0 Å². The molecule has 0 bridgehead atoms. The van der Waals surface area contributed by atoms with Crippen LogP contribution in [0.3, 0.4) is 0 Å². The Hall–Kier alpha value is -2.67. The Balaban J connectivity index is 1.47. The van der Waals surface area contributed by atoms with E-state index in [0.29, 0.717) is 32.7 Å². The number of para-hydroxylation sites is 2. The number of benzene rings is 2. The molecular formula is C23H26N2O4S. The van der Waals surface area contributed by atoms with E-state index in [0.717, 1.165) is 39.4 Å². The third-order valence-corrected chi connectivity index (χ3v) is 6.18. The van der Waals surface area contributed by atoms with Crippen LogP contribution in [0.2, 0.25) is 0 Å². The molecule has 1 amide bonds. The van der Waals surface area contributed by atoms with E-state index in [1.165, 1.54) is 0 Å². The minimum atomic E-state index is 0.0787. The van der Waals surface area contributed by atoms with E-state index in [1.54, 1.807) is 11.8 Å². The van der Waals surface area contributed by atoms with Gasteiger partial charge in [-0.2, -0.15) is 0 Å². The average Bonchev–Trinajstić information content (AvgIpc) is 3.13. The Morgan fingerprint density at radius 3 is 2.83 bits per heavy atom. The van der Waals surface area contributed by atoms with Gasteiger partial charge in [-0.3, -0.25) is 9.69 Å². The van der Waals surface area contributed by atoms with E-state index in [9.17, 15) is 4.79 Å². The number of carbonyl (C=O) groups excluding carboxylic acids is 1. The molecule has 2 heterocycles. The van der Waals surface area contributed by atoms with Gasteiger partial charge in [-0.05, 0) is 50.1 Å². The van der Waals surface area contributed by atoms with Crippen LogP contribution in [0.1, 0.15) is 25.8 Å². The number of hydrogen-bond donors (Lipinski definition) is 0. The monoisotopic (exact) mass is 426 g/mol. The van der Waals surface area contributed by atoms with Crippen molar-refractivity contribution < 1.29 is 19.0 Å². The number of aliphatic imine (C=N–C) groups is 1. The van der Waals surface area contributed by atoms with E-state index in [4.69, 9.17) is 19.2 Å². The van der Waals surface area contributed by atoms with Crippen molar-refractivity contribution in [3.8, 4) is 17.2 Å². The van der Waals surface area contributed by atoms with Crippen molar-refractivity contribution in [2.75, 3.05) is 25.6 Å². The lowest BCUT2D eigenvalue weighted by Gasteiger charge is -2.22. The zero-order chi connectivity index (χ0) is 20.9. The van der Waals surface area contributed by atoms with Crippen LogP contribution >= 0.6 is 11.8 Å². The van der Waals surface area contributed by atoms with Crippen molar-refractivity contribution >= 4 is 28.5 Å². The number of rotatable bonds is 6. The van der Waals surface area contributed by atoms with Crippen LogP contribution < -0.4 is 14.2 Å². The molecule has 0 aromatic heterocycles. The molecule has 2 aliphatic heterocycles. The molecule has 0 radical (unpaired) electrons. The predicted octanol–water partition coefficient (Wildman–Crippen LogP) is 4.44. The summed E-state index contributed by atoms with van der Waals surface area (Å²) in [5.41, 5.74) is 1.81. The van der Waals surface area contributed by atoms with Gasteiger partial charge in [-0.25, -0.2) is 4.99 Å². The van der Waals surface area contributed by atoms with Gasteiger partial charge in [-0.1, -0.05) is 30.0 Å². The molecule has 7 heteroatoms. The second-order valence-electron chi connectivity index (χ2n) is 7.20. The van der Waals surface area contributed by atoms with Crippen molar-refractivity contribution in [3.63, 3.8) is 0 Å². The molecule has 0 N–H and O–H groups in total. The number of nitrogens with zero attached hydrogens (tertiary/aromatic N) is 2. The predicted molar refractivity (Wildman–Crippen MR) is 119 cm³/mol. The molecule has 0 unspecified atom stereocenters. The molecule has 158 valence electrons. The highest BCUT2D eigenvalue weighted by Gasteiger charge is 2.32. The van der Waals surface area contributed by atoms with Crippen molar-refractivity contribution in [1.82, 2.24) is 4.90 Å². The molecule has 30 heavy (non-hydrogen) atoms. The van der Waals surface area contributed by atoms with Gasteiger partial charge in [0, 0.05) is 18.2 Å². The maximum atomic E-state index is 13.1. The molecular weight excluding hydrogens is 400 g/mol. The third kappa shape index (κ3) is 4.56. The van der Waals surface area contributed by atoms with Crippen LogP contribution in [-0.2, 0) is 11.2 Å². The largest absolute Gasteiger partial charge is 0.492 e. The highest BCUT2D eigenvalue weighted by Crippen LogP contribution is 2.33. The number of fused-ring (bicyclic) bond motifs is 1. The summed E-state index contributed by atoms with van der Waals surface area (Å²) in [4.78, 5) is 19.7. The van der Waals surface area contributed by atoms with E-state index >= 15 is 0 Å². The van der Waals surface area contributed by atoms with Crippen LogP contribution in [0.5, 0.6) is 17.2 Å². The Morgan fingerprint density at radius 2 is 2.00 bits per heavy atom. The van der Waals surface area contributed by atoms with Gasteiger partial charge in [0.1, 0.15) is 24.7 Å². The quantitative estimate of drug-likeness (QED) is 0.683. The summed E-state index contributed by atoms with van der Waals surface area (Å²) in [6.07, 6.45) is 1.06. The van der Waals surface area contributed by atoms with E-state index in [1.807, 2.05) is 54.3 Å².